The molecule has 7 nitrogen and oxygen atoms in total. The number of fused-ring (bicyclic) bond motifs is 1. The first-order valence-electron chi connectivity index (χ1n) is 12.0. The van der Waals surface area contributed by atoms with Crippen molar-refractivity contribution in [3.63, 3.8) is 0 Å². The Labute approximate surface area is 213 Å². The van der Waals surface area contributed by atoms with Gasteiger partial charge in [-0.15, -0.1) is 11.3 Å². The van der Waals surface area contributed by atoms with Crippen molar-refractivity contribution in [3.05, 3.63) is 81.7 Å². The van der Waals surface area contributed by atoms with E-state index >= 15 is 0 Å². The Morgan fingerprint density at radius 2 is 1.81 bits per heavy atom. The van der Waals surface area contributed by atoms with Crippen LogP contribution in [0.5, 0.6) is 0 Å². The van der Waals surface area contributed by atoms with Crippen LogP contribution >= 0.6 is 11.3 Å². The lowest BCUT2D eigenvalue weighted by molar-refractivity contribution is -0.116. The SMILES string of the molecule is CCCCOC(=O)c1ccc(NC(=O)Cn2cnc3scc(-c4ccc(C(C)C)cc4)c3c2=O)cc1. The van der Waals surface area contributed by atoms with E-state index in [0.717, 1.165) is 24.0 Å². The maximum absolute atomic E-state index is 13.3. The van der Waals surface area contributed by atoms with Crippen molar-refractivity contribution in [1.82, 2.24) is 9.55 Å². The van der Waals surface area contributed by atoms with Crippen molar-refractivity contribution in [1.29, 1.82) is 0 Å². The molecule has 2 aromatic carbocycles. The van der Waals surface area contributed by atoms with E-state index in [1.165, 1.54) is 27.8 Å². The largest absolute Gasteiger partial charge is 0.462 e. The van der Waals surface area contributed by atoms with Gasteiger partial charge in [0.05, 0.1) is 23.9 Å². The first-order valence-corrected chi connectivity index (χ1v) is 12.9. The number of nitrogens with zero attached hydrogens (tertiary/aromatic N) is 2. The van der Waals surface area contributed by atoms with E-state index in [-0.39, 0.29) is 18.0 Å². The summed E-state index contributed by atoms with van der Waals surface area (Å²) in [4.78, 5) is 43.0. The van der Waals surface area contributed by atoms with Crippen LogP contribution in [0.25, 0.3) is 21.3 Å². The van der Waals surface area contributed by atoms with E-state index in [1.54, 1.807) is 24.3 Å². The van der Waals surface area contributed by atoms with Crippen LogP contribution in [0.15, 0.2) is 65.0 Å². The molecule has 1 amide bonds. The monoisotopic (exact) mass is 503 g/mol. The molecule has 0 aliphatic heterocycles. The zero-order valence-electron chi connectivity index (χ0n) is 20.6. The summed E-state index contributed by atoms with van der Waals surface area (Å²) in [6.45, 7) is 6.51. The van der Waals surface area contributed by atoms with Crippen molar-refractivity contribution in [2.75, 3.05) is 11.9 Å². The predicted molar refractivity (Wildman–Crippen MR) is 144 cm³/mol. The number of thiophene rings is 1. The third kappa shape index (κ3) is 5.71. The second-order valence-electron chi connectivity index (χ2n) is 8.90. The standard InChI is InChI=1S/C28H29N3O4S/c1-4-5-14-35-28(34)21-10-12-22(13-11-21)30-24(32)15-31-17-29-26-25(27(31)33)23(16-36-26)20-8-6-19(7-9-20)18(2)3/h6-13,16-18H,4-5,14-15H2,1-3H3,(H,30,32). The van der Waals surface area contributed by atoms with Crippen LogP contribution in [-0.2, 0) is 16.1 Å². The second kappa shape index (κ2) is 11.3. The topological polar surface area (TPSA) is 90.3 Å². The molecule has 0 saturated carbocycles. The van der Waals surface area contributed by atoms with Crippen molar-refractivity contribution >= 4 is 39.1 Å². The van der Waals surface area contributed by atoms with Gasteiger partial charge in [-0.05, 0) is 47.7 Å². The van der Waals surface area contributed by atoms with Gasteiger partial charge in [-0.1, -0.05) is 51.5 Å². The summed E-state index contributed by atoms with van der Waals surface area (Å²) < 4.78 is 6.51. The molecule has 0 aliphatic rings. The van der Waals surface area contributed by atoms with E-state index in [9.17, 15) is 14.4 Å². The fourth-order valence-electron chi connectivity index (χ4n) is 3.78. The third-order valence-corrected chi connectivity index (χ3v) is 6.78. The average Bonchev–Trinajstić information content (AvgIpc) is 3.31. The number of hydrogen-bond acceptors (Lipinski definition) is 6. The molecule has 0 atom stereocenters. The fraction of sp³-hybridized carbons (Fsp3) is 0.286. The molecule has 0 fully saturated rings. The van der Waals surface area contributed by atoms with Gasteiger partial charge in [0.25, 0.3) is 5.56 Å². The summed E-state index contributed by atoms with van der Waals surface area (Å²) in [7, 11) is 0. The number of anilines is 1. The molecule has 4 rings (SSSR count). The lowest BCUT2D eigenvalue weighted by Gasteiger charge is -2.09. The highest BCUT2D eigenvalue weighted by atomic mass is 32.1. The number of amides is 1. The summed E-state index contributed by atoms with van der Waals surface area (Å²) >= 11 is 1.41. The summed E-state index contributed by atoms with van der Waals surface area (Å²) in [6, 6.07) is 14.7. The lowest BCUT2D eigenvalue weighted by atomic mass is 9.99. The Morgan fingerprint density at radius 1 is 1.08 bits per heavy atom. The van der Waals surface area contributed by atoms with Crippen LogP contribution in [0.2, 0.25) is 0 Å². The summed E-state index contributed by atoms with van der Waals surface area (Å²) in [5.41, 5.74) is 3.67. The van der Waals surface area contributed by atoms with Crippen LogP contribution in [0.1, 0.15) is 55.5 Å². The molecule has 2 aromatic heterocycles. The Morgan fingerprint density at radius 3 is 2.47 bits per heavy atom. The normalized spacial score (nSPS) is 11.1. The molecule has 36 heavy (non-hydrogen) atoms. The van der Waals surface area contributed by atoms with E-state index in [1.807, 2.05) is 24.4 Å². The summed E-state index contributed by atoms with van der Waals surface area (Å²) in [5, 5.41) is 5.21. The Bertz CT molecular complexity index is 1420. The van der Waals surface area contributed by atoms with Crippen molar-refractivity contribution in [2.45, 2.75) is 46.1 Å². The van der Waals surface area contributed by atoms with Gasteiger partial charge in [-0.25, -0.2) is 9.78 Å². The van der Waals surface area contributed by atoms with E-state index in [0.29, 0.717) is 34.0 Å². The van der Waals surface area contributed by atoms with E-state index < -0.39 is 5.97 Å². The number of esters is 1. The van der Waals surface area contributed by atoms with E-state index in [2.05, 4.69) is 36.3 Å². The molecule has 0 radical (unpaired) electrons. The quantitative estimate of drug-likeness (QED) is 0.229. The summed E-state index contributed by atoms with van der Waals surface area (Å²) in [5.74, 6) is -0.334. The third-order valence-electron chi connectivity index (χ3n) is 5.90. The molecule has 186 valence electrons. The number of unbranched alkanes of at least 4 members (excludes halogenated alkanes) is 1. The maximum Gasteiger partial charge on any atom is 0.338 e. The number of nitrogens with one attached hydrogen (secondary N) is 1. The number of aromatic nitrogens is 2. The minimum absolute atomic E-state index is 0.176. The van der Waals surface area contributed by atoms with Gasteiger partial charge in [0.1, 0.15) is 11.4 Å². The van der Waals surface area contributed by atoms with Gasteiger partial charge in [0, 0.05) is 16.6 Å². The van der Waals surface area contributed by atoms with Crippen molar-refractivity contribution in [3.8, 4) is 11.1 Å². The number of carbonyl (C=O) groups is 2. The van der Waals surface area contributed by atoms with Gasteiger partial charge < -0.3 is 10.1 Å². The zero-order valence-corrected chi connectivity index (χ0v) is 21.4. The lowest BCUT2D eigenvalue weighted by Crippen LogP contribution is -2.27. The number of hydrogen-bond donors (Lipinski definition) is 1. The maximum atomic E-state index is 13.3. The first kappa shape index (κ1) is 25.3. The number of benzene rings is 2. The van der Waals surface area contributed by atoms with Crippen LogP contribution < -0.4 is 10.9 Å². The van der Waals surface area contributed by atoms with Crippen LogP contribution in [0, 0.1) is 0 Å². The molecule has 0 unspecified atom stereocenters. The summed E-state index contributed by atoms with van der Waals surface area (Å²) in [6.07, 6.45) is 3.17. The Balaban J connectivity index is 1.48. The first-order chi connectivity index (χ1) is 17.4. The fourth-order valence-corrected chi connectivity index (χ4v) is 4.68. The van der Waals surface area contributed by atoms with E-state index in [4.69, 9.17) is 4.74 Å². The molecule has 0 spiro atoms. The number of ether oxygens (including phenoxy) is 1. The molecular weight excluding hydrogens is 474 g/mol. The van der Waals surface area contributed by atoms with Gasteiger partial charge in [0.15, 0.2) is 0 Å². The van der Waals surface area contributed by atoms with Crippen molar-refractivity contribution < 1.29 is 14.3 Å². The zero-order chi connectivity index (χ0) is 25.7. The van der Waals surface area contributed by atoms with Crippen LogP contribution in [-0.4, -0.2) is 28.0 Å². The minimum atomic E-state index is -0.391. The van der Waals surface area contributed by atoms with Gasteiger partial charge in [-0.3, -0.25) is 14.2 Å². The Hall–Kier alpha value is -3.78. The van der Waals surface area contributed by atoms with Crippen molar-refractivity contribution in [2.24, 2.45) is 0 Å². The molecular formula is C28H29N3O4S. The highest BCUT2D eigenvalue weighted by molar-refractivity contribution is 7.17. The molecule has 2 heterocycles. The average molecular weight is 504 g/mol. The molecule has 4 aromatic rings. The highest BCUT2D eigenvalue weighted by Gasteiger charge is 2.15. The smallest absolute Gasteiger partial charge is 0.338 e. The predicted octanol–water partition coefficient (Wildman–Crippen LogP) is 5.84. The number of carbonyl (C=O) groups excluding carboxylic acids is 2. The molecule has 0 bridgehead atoms. The molecule has 8 heteroatoms. The van der Waals surface area contributed by atoms with Crippen LogP contribution in [0.4, 0.5) is 5.69 Å². The minimum Gasteiger partial charge on any atom is -0.462 e. The number of rotatable bonds is 9. The Kier molecular flexibility index (Phi) is 7.95. The van der Waals surface area contributed by atoms with Gasteiger partial charge in [-0.2, -0.15) is 0 Å². The van der Waals surface area contributed by atoms with Gasteiger partial charge >= 0.3 is 5.97 Å². The molecule has 0 saturated heterocycles. The molecule has 1 N–H and O–H groups in total. The molecule has 0 aliphatic carbocycles. The van der Waals surface area contributed by atoms with Crippen LogP contribution in [0.3, 0.4) is 0 Å². The van der Waals surface area contributed by atoms with Gasteiger partial charge in [0.2, 0.25) is 5.91 Å². The highest BCUT2D eigenvalue weighted by Crippen LogP contribution is 2.31. The second-order valence-corrected chi connectivity index (χ2v) is 9.76.